The van der Waals surface area contributed by atoms with E-state index in [9.17, 15) is 4.79 Å². The number of anilines is 1. The Morgan fingerprint density at radius 3 is 2.89 bits per heavy atom. The summed E-state index contributed by atoms with van der Waals surface area (Å²) in [7, 11) is 3.11. The summed E-state index contributed by atoms with van der Waals surface area (Å²) in [5.41, 5.74) is 6.82. The molecule has 0 unspecified atom stereocenters. The van der Waals surface area contributed by atoms with Gasteiger partial charge in [-0.05, 0) is 23.9 Å². The van der Waals surface area contributed by atoms with E-state index >= 15 is 0 Å². The zero-order valence-electron chi connectivity index (χ0n) is 9.95. The average molecular weight is 264 g/mol. The third-order valence-corrected chi connectivity index (χ3v) is 3.53. The van der Waals surface area contributed by atoms with E-state index in [4.69, 9.17) is 10.5 Å². The Balaban J connectivity index is 2.43. The van der Waals surface area contributed by atoms with Crippen molar-refractivity contribution in [3.8, 4) is 0 Å². The predicted molar refractivity (Wildman–Crippen MR) is 67.3 cm³/mol. The van der Waals surface area contributed by atoms with Gasteiger partial charge in [0.1, 0.15) is 6.33 Å². The Hall–Kier alpha value is -2.02. The lowest BCUT2D eigenvalue weighted by Crippen LogP contribution is -2.05. The minimum atomic E-state index is -0.424. The minimum Gasteiger partial charge on any atom is -0.465 e. The average Bonchev–Trinajstić information content (AvgIpc) is 2.76. The fourth-order valence-electron chi connectivity index (χ4n) is 1.41. The van der Waals surface area contributed by atoms with Gasteiger partial charge in [-0.15, -0.1) is 0 Å². The van der Waals surface area contributed by atoms with Crippen molar-refractivity contribution >= 4 is 23.4 Å². The van der Waals surface area contributed by atoms with Gasteiger partial charge in [-0.2, -0.15) is 5.10 Å². The van der Waals surface area contributed by atoms with Gasteiger partial charge in [0.25, 0.3) is 0 Å². The monoisotopic (exact) mass is 264 g/mol. The molecule has 6 nitrogen and oxygen atoms in total. The molecule has 0 fully saturated rings. The van der Waals surface area contributed by atoms with E-state index < -0.39 is 5.97 Å². The number of carbonyl (C=O) groups excluding carboxylic acids is 1. The second-order valence-electron chi connectivity index (χ2n) is 3.48. The zero-order chi connectivity index (χ0) is 13.1. The van der Waals surface area contributed by atoms with Crippen molar-refractivity contribution in [3.63, 3.8) is 0 Å². The van der Waals surface area contributed by atoms with E-state index in [1.165, 1.54) is 25.2 Å². The molecular weight excluding hydrogens is 252 g/mol. The highest BCUT2D eigenvalue weighted by Gasteiger charge is 2.17. The van der Waals surface area contributed by atoms with Crippen LogP contribution < -0.4 is 5.73 Å². The van der Waals surface area contributed by atoms with Gasteiger partial charge in [0, 0.05) is 12.7 Å². The molecule has 2 aromatic rings. The standard InChI is InChI=1S/C11H12N4O2S/c1-15-11(13-6-14-15)18-9-7(10(16)17-2)4-3-5-8(9)12/h3-6H,12H2,1-2H3. The molecule has 0 saturated heterocycles. The maximum atomic E-state index is 11.7. The van der Waals surface area contributed by atoms with E-state index in [0.717, 1.165) is 0 Å². The van der Waals surface area contributed by atoms with Crippen LogP contribution in [0.3, 0.4) is 0 Å². The summed E-state index contributed by atoms with van der Waals surface area (Å²) in [6.07, 6.45) is 1.44. The molecule has 1 aromatic carbocycles. The van der Waals surface area contributed by atoms with Crippen molar-refractivity contribution < 1.29 is 9.53 Å². The number of aryl methyl sites for hydroxylation is 1. The summed E-state index contributed by atoms with van der Waals surface area (Å²) >= 11 is 1.28. The number of esters is 1. The third kappa shape index (κ3) is 2.30. The number of nitrogens with zero attached hydrogens (tertiary/aromatic N) is 3. The number of ether oxygens (including phenoxy) is 1. The van der Waals surface area contributed by atoms with Crippen LogP contribution in [0, 0.1) is 0 Å². The van der Waals surface area contributed by atoms with E-state index in [1.54, 1.807) is 29.9 Å². The number of benzene rings is 1. The Labute approximate surface area is 108 Å². The molecule has 0 atom stereocenters. The quantitative estimate of drug-likeness (QED) is 0.665. The lowest BCUT2D eigenvalue weighted by Gasteiger charge is -2.09. The summed E-state index contributed by atoms with van der Waals surface area (Å²) in [6, 6.07) is 5.11. The maximum Gasteiger partial charge on any atom is 0.339 e. The van der Waals surface area contributed by atoms with E-state index in [0.29, 0.717) is 21.3 Å². The van der Waals surface area contributed by atoms with Crippen LogP contribution in [0.15, 0.2) is 34.6 Å². The molecule has 0 bridgehead atoms. The molecule has 94 valence electrons. The molecule has 0 amide bonds. The first-order chi connectivity index (χ1) is 8.63. The smallest absolute Gasteiger partial charge is 0.339 e. The normalized spacial score (nSPS) is 10.3. The topological polar surface area (TPSA) is 83.0 Å². The lowest BCUT2D eigenvalue weighted by atomic mass is 10.2. The fourth-order valence-corrected chi connectivity index (χ4v) is 2.32. The van der Waals surface area contributed by atoms with Crippen LogP contribution in [-0.2, 0) is 11.8 Å². The summed E-state index contributed by atoms with van der Waals surface area (Å²) in [5.74, 6) is -0.424. The molecular formula is C11H12N4O2S. The van der Waals surface area contributed by atoms with Crippen LogP contribution in [-0.4, -0.2) is 27.8 Å². The van der Waals surface area contributed by atoms with Crippen molar-refractivity contribution in [2.75, 3.05) is 12.8 Å². The molecule has 0 spiro atoms. The molecule has 0 radical (unpaired) electrons. The maximum absolute atomic E-state index is 11.7. The summed E-state index contributed by atoms with van der Waals surface area (Å²) in [6.45, 7) is 0. The molecule has 2 rings (SSSR count). The first-order valence-electron chi connectivity index (χ1n) is 5.12. The van der Waals surface area contributed by atoms with Gasteiger partial charge in [-0.1, -0.05) is 6.07 Å². The molecule has 18 heavy (non-hydrogen) atoms. The fraction of sp³-hybridized carbons (Fsp3) is 0.182. The summed E-state index contributed by atoms with van der Waals surface area (Å²) in [5, 5.41) is 4.62. The van der Waals surface area contributed by atoms with E-state index in [1.807, 2.05) is 0 Å². The van der Waals surface area contributed by atoms with Crippen LogP contribution in [0.1, 0.15) is 10.4 Å². The Morgan fingerprint density at radius 2 is 2.28 bits per heavy atom. The number of methoxy groups -OCH3 is 1. The highest BCUT2D eigenvalue weighted by molar-refractivity contribution is 7.99. The predicted octanol–water partition coefficient (Wildman–Crippen LogP) is 1.34. The molecule has 7 heteroatoms. The highest BCUT2D eigenvalue weighted by atomic mass is 32.2. The molecule has 0 saturated carbocycles. The van der Waals surface area contributed by atoms with E-state index in [2.05, 4.69) is 10.1 Å². The third-order valence-electron chi connectivity index (χ3n) is 2.31. The SMILES string of the molecule is COC(=O)c1cccc(N)c1Sc1ncnn1C. The van der Waals surface area contributed by atoms with Crippen molar-refractivity contribution in [2.24, 2.45) is 7.05 Å². The summed E-state index contributed by atoms with van der Waals surface area (Å²) in [4.78, 5) is 16.4. The second-order valence-corrected chi connectivity index (χ2v) is 4.46. The number of hydrogen-bond donors (Lipinski definition) is 1. The van der Waals surface area contributed by atoms with Crippen molar-refractivity contribution in [1.29, 1.82) is 0 Å². The van der Waals surface area contributed by atoms with Crippen LogP contribution in [0.25, 0.3) is 0 Å². The van der Waals surface area contributed by atoms with E-state index in [-0.39, 0.29) is 0 Å². The van der Waals surface area contributed by atoms with Crippen LogP contribution in [0.2, 0.25) is 0 Å². The molecule has 0 aliphatic heterocycles. The Kier molecular flexibility index (Phi) is 3.52. The van der Waals surface area contributed by atoms with Gasteiger partial charge >= 0.3 is 5.97 Å². The first kappa shape index (κ1) is 12.4. The van der Waals surface area contributed by atoms with Gasteiger partial charge in [-0.25, -0.2) is 14.5 Å². The Bertz CT molecular complexity index is 582. The minimum absolute atomic E-state index is 0.422. The molecule has 1 heterocycles. The highest BCUT2D eigenvalue weighted by Crippen LogP contribution is 2.33. The molecule has 2 N–H and O–H groups in total. The van der Waals surface area contributed by atoms with Gasteiger partial charge < -0.3 is 10.5 Å². The first-order valence-corrected chi connectivity index (χ1v) is 5.93. The van der Waals surface area contributed by atoms with Gasteiger partial charge in [-0.3, -0.25) is 0 Å². The lowest BCUT2D eigenvalue weighted by molar-refractivity contribution is 0.0597. The largest absolute Gasteiger partial charge is 0.465 e. The molecule has 0 aliphatic rings. The van der Waals surface area contributed by atoms with Crippen molar-refractivity contribution in [2.45, 2.75) is 10.1 Å². The number of carbonyl (C=O) groups is 1. The second kappa shape index (κ2) is 5.09. The molecule has 1 aromatic heterocycles. The van der Waals surface area contributed by atoms with Gasteiger partial charge in [0.2, 0.25) is 0 Å². The Morgan fingerprint density at radius 1 is 1.50 bits per heavy atom. The van der Waals surface area contributed by atoms with Crippen LogP contribution >= 0.6 is 11.8 Å². The van der Waals surface area contributed by atoms with Gasteiger partial charge in [0.05, 0.1) is 17.6 Å². The zero-order valence-corrected chi connectivity index (χ0v) is 10.8. The number of nitrogen functional groups attached to an aromatic ring is 1. The van der Waals surface area contributed by atoms with Crippen LogP contribution in [0.4, 0.5) is 5.69 Å². The summed E-state index contributed by atoms with van der Waals surface area (Å²) < 4.78 is 6.34. The number of hydrogen-bond acceptors (Lipinski definition) is 6. The van der Waals surface area contributed by atoms with Crippen molar-refractivity contribution in [3.05, 3.63) is 30.1 Å². The number of nitrogens with two attached hydrogens (primary N) is 1. The number of aromatic nitrogens is 3. The van der Waals surface area contributed by atoms with Gasteiger partial charge in [0.15, 0.2) is 5.16 Å². The molecule has 0 aliphatic carbocycles. The van der Waals surface area contributed by atoms with Crippen LogP contribution in [0.5, 0.6) is 0 Å². The van der Waals surface area contributed by atoms with Crippen molar-refractivity contribution in [1.82, 2.24) is 14.8 Å². The number of rotatable bonds is 3.